The summed E-state index contributed by atoms with van der Waals surface area (Å²) in [6, 6.07) is 8.57. The van der Waals surface area contributed by atoms with Crippen molar-refractivity contribution in [1.82, 2.24) is 4.98 Å². The van der Waals surface area contributed by atoms with Gasteiger partial charge >= 0.3 is 0 Å². The first-order valence-corrected chi connectivity index (χ1v) is 5.96. The fourth-order valence-corrected chi connectivity index (χ4v) is 2.98. The molecule has 1 heterocycles. The predicted octanol–water partition coefficient (Wildman–Crippen LogP) is 2.95. The SMILES string of the molecule is CNc1nc2c(s1)CCc1ccccc1-2. The lowest BCUT2D eigenvalue weighted by Crippen LogP contribution is -2.01. The van der Waals surface area contributed by atoms with Crippen LogP contribution in [0.15, 0.2) is 24.3 Å². The van der Waals surface area contributed by atoms with Crippen molar-refractivity contribution < 1.29 is 0 Å². The van der Waals surface area contributed by atoms with Crippen LogP contribution in [-0.2, 0) is 12.8 Å². The molecule has 0 aliphatic heterocycles. The molecule has 0 unspecified atom stereocenters. The summed E-state index contributed by atoms with van der Waals surface area (Å²) in [5, 5.41) is 4.15. The topological polar surface area (TPSA) is 24.9 Å². The summed E-state index contributed by atoms with van der Waals surface area (Å²) in [6.07, 6.45) is 2.28. The third-order valence-corrected chi connectivity index (χ3v) is 3.94. The zero-order chi connectivity index (χ0) is 10.3. The molecular formula is C12H12N2S. The maximum Gasteiger partial charge on any atom is 0.183 e. The molecule has 3 rings (SSSR count). The maximum atomic E-state index is 4.62. The number of hydrogen-bond donors (Lipinski definition) is 1. The summed E-state index contributed by atoms with van der Waals surface area (Å²) in [7, 11) is 1.93. The molecule has 2 aromatic rings. The minimum Gasteiger partial charge on any atom is -0.365 e. The zero-order valence-electron chi connectivity index (χ0n) is 8.58. The molecule has 0 fully saturated rings. The fraction of sp³-hybridized carbons (Fsp3) is 0.250. The molecule has 0 saturated carbocycles. The Morgan fingerprint density at radius 2 is 2.13 bits per heavy atom. The lowest BCUT2D eigenvalue weighted by molar-refractivity contribution is 0.955. The van der Waals surface area contributed by atoms with Crippen molar-refractivity contribution in [3.8, 4) is 11.3 Å². The lowest BCUT2D eigenvalue weighted by Gasteiger charge is -2.13. The van der Waals surface area contributed by atoms with Crippen LogP contribution < -0.4 is 5.32 Å². The van der Waals surface area contributed by atoms with Gasteiger partial charge in [0.05, 0.1) is 5.69 Å². The Morgan fingerprint density at radius 1 is 1.27 bits per heavy atom. The Kier molecular flexibility index (Phi) is 1.99. The quantitative estimate of drug-likeness (QED) is 0.792. The molecule has 1 aromatic heterocycles. The molecule has 76 valence electrons. The van der Waals surface area contributed by atoms with Gasteiger partial charge in [-0.3, -0.25) is 0 Å². The molecule has 1 N–H and O–H groups in total. The standard InChI is InChI=1S/C12H12N2S/c1-13-12-14-11-9-5-3-2-4-8(9)6-7-10(11)15-12/h2-5H,6-7H2,1H3,(H,13,14). The van der Waals surface area contributed by atoms with Gasteiger partial charge in [0.1, 0.15) is 0 Å². The fourth-order valence-electron chi connectivity index (χ4n) is 2.06. The van der Waals surface area contributed by atoms with E-state index in [0.717, 1.165) is 18.0 Å². The molecule has 1 aliphatic carbocycles. The van der Waals surface area contributed by atoms with Gasteiger partial charge in [0.2, 0.25) is 0 Å². The minimum absolute atomic E-state index is 1.02. The van der Waals surface area contributed by atoms with E-state index in [2.05, 4.69) is 34.6 Å². The van der Waals surface area contributed by atoms with Crippen LogP contribution in [0.5, 0.6) is 0 Å². The molecule has 2 nitrogen and oxygen atoms in total. The highest BCUT2D eigenvalue weighted by atomic mass is 32.1. The van der Waals surface area contributed by atoms with Gasteiger partial charge < -0.3 is 5.32 Å². The average Bonchev–Trinajstić information content (AvgIpc) is 2.72. The normalized spacial score (nSPS) is 13.1. The Hall–Kier alpha value is -1.35. The van der Waals surface area contributed by atoms with Crippen LogP contribution in [0.1, 0.15) is 10.4 Å². The summed E-state index contributed by atoms with van der Waals surface area (Å²) in [5.74, 6) is 0. The van der Waals surface area contributed by atoms with Crippen molar-refractivity contribution in [2.45, 2.75) is 12.8 Å². The second-order valence-corrected chi connectivity index (χ2v) is 4.78. The molecular weight excluding hydrogens is 204 g/mol. The minimum atomic E-state index is 1.02. The predicted molar refractivity (Wildman–Crippen MR) is 64.5 cm³/mol. The van der Waals surface area contributed by atoms with Gasteiger partial charge in [-0.2, -0.15) is 0 Å². The number of benzene rings is 1. The van der Waals surface area contributed by atoms with Crippen LogP contribution in [0, 0.1) is 0 Å². The van der Waals surface area contributed by atoms with Gasteiger partial charge in [-0.05, 0) is 18.4 Å². The Labute approximate surface area is 93.0 Å². The molecule has 15 heavy (non-hydrogen) atoms. The van der Waals surface area contributed by atoms with Gasteiger partial charge in [-0.25, -0.2) is 4.98 Å². The number of hydrogen-bond acceptors (Lipinski definition) is 3. The van der Waals surface area contributed by atoms with Crippen LogP contribution in [0.4, 0.5) is 5.13 Å². The second-order valence-electron chi connectivity index (χ2n) is 3.70. The molecule has 0 radical (unpaired) electrons. The Morgan fingerprint density at radius 3 is 3.00 bits per heavy atom. The number of thiazole rings is 1. The molecule has 0 saturated heterocycles. The first kappa shape index (κ1) is 8.92. The van der Waals surface area contributed by atoms with Crippen molar-refractivity contribution in [2.75, 3.05) is 12.4 Å². The molecule has 0 amide bonds. The second kappa shape index (κ2) is 3.35. The lowest BCUT2D eigenvalue weighted by atomic mass is 9.94. The van der Waals surface area contributed by atoms with Crippen molar-refractivity contribution in [3.05, 3.63) is 34.7 Å². The van der Waals surface area contributed by atoms with Gasteiger partial charge in [0.15, 0.2) is 5.13 Å². The Bertz CT molecular complexity index is 502. The average molecular weight is 216 g/mol. The summed E-state index contributed by atoms with van der Waals surface area (Å²) in [5.41, 5.74) is 3.93. The maximum absolute atomic E-state index is 4.62. The summed E-state index contributed by atoms with van der Waals surface area (Å²) >= 11 is 1.78. The van der Waals surface area contributed by atoms with Crippen molar-refractivity contribution in [2.24, 2.45) is 0 Å². The van der Waals surface area contributed by atoms with Gasteiger partial charge in [-0.15, -0.1) is 11.3 Å². The molecule has 0 bridgehead atoms. The number of anilines is 1. The molecule has 1 aromatic carbocycles. The highest BCUT2D eigenvalue weighted by Gasteiger charge is 2.19. The van der Waals surface area contributed by atoms with Crippen LogP contribution in [0.3, 0.4) is 0 Å². The third kappa shape index (κ3) is 1.35. The Balaban J connectivity index is 2.20. The van der Waals surface area contributed by atoms with Crippen molar-refractivity contribution in [3.63, 3.8) is 0 Å². The van der Waals surface area contributed by atoms with Crippen LogP contribution >= 0.6 is 11.3 Å². The van der Waals surface area contributed by atoms with E-state index in [-0.39, 0.29) is 0 Å². The van der Waals surface area contributed by atoms with E-state index in [1.807, 2.05) is 7.05 Å². The van der Waals surface area contributed by atoms with Gasteiger partial charge in [-0.1, -0.05) is 24.3 Å². The van der Waals surface area contributed by atoms with Crippen molar-refractivity contribution in [1.29, 1.82) is 0 Å². The molecule has 3 heteroatoms. The van der Waals surface area contributed by atoms with Gasteiger partial charge in [0.25, 0.3) is 0 Å². The van der Waals surface area contributed by atoms with E-state index in [1.54, 1.807) is 11.3 Å². The van der Waals surface area contributed by atoms with Gasteiger partial charge in [0, 0.05) is 17.5 Å². The number of nitrogens with one attached hydrogen (secondary N) is 1. The highest BCUT2D eigenvalue weighted by Crippen LogP contribution is 2.37. The number of fused-ring (bicyclic) bond motifs is 3. The molecule has 1 aliphatic rings. The van der Waals surface area contributed by atoms with Crippen molar-refractivity contribution >= 4 is 16.5 Å². The smallest absolute Gasteiger partial charge is 0.183 e. The van der Waals surface area contributed by atoms with E-state index in [4.69, 9.17) is 0 Å². The van der Waals surface area contributed by atoms with E-state index >= 15 is 0 Å². The van der Waals surface area contributed by atoms with E-state index in [1.165, 1.54) is 21.7 Å². The van der Waals surface area contributed by atoms with Crippen LogP contribution in [0.25, 0.3) is 11.3 Å². The third-order valence-electron chi connectivity index (χ3n) is 2.81. The molecule has 0 spiro atoms. The van der Waals surface area contributed by atoms with E-state index in [9.17, 15) is 0 Å². The van der Waals surface area contributed by atoms with E-state index < -0.39 is 0 Å². The number of nitrogens with zero attached hydrogens (tertiary/aromatic N) is 1. The summed E-state index contributed by atoms with van der Waals surface area (Å²) in [6.45, 7) is 0. The van der Waals surface area contributed by atoms with Crippen LogP contribution in [0.2, 0.25) is 0 Å². The monoisotopic (exact) mass is 216 g/mol. The number of rotatable bonds is 1. The van der Waals surface area contributed by atoms with E-state index in [0.29, 0.717) is 0 Å². The summed E-state index contributed by atoms with van der Waals surface area (Å²) < 4.78 is 0. The van der Waals surface area contributed by atoms with Crippen LogP contribution in [-0.4, -0.2) is 12.0 Å². The molecule has 0 atom stereocenters. The number of aryl methyl sites for hydroxylation is 2. The number of aromatic nitrogens is 1. The zero-order valence-corrected chi connectivity index (χ0v) is 9.40. The summed E-state index contributed by atoms with van der Waals surface area (Å²) in [4.78, 5) is 6.03. The highest BCUT2D eigenvalue weighted by molar-refractivity contribution is 7.16. The first-order valence-electron chi connectivity index (χ1n) is 5.14. The first-order chi connectivity index (χ1) is 7.38. The largest absolute Gasteiger partial charge is 0.365 e.